The van der Waals surface area contributed by atoms with Crippen LogP contribution >= 0.6 is 0 Å². The number of urea groups is 1. The second-order valence-electron chi connectivity index (χ2n) is 7.09. The van der Waals surface area contributed by atoms with E-state index < -0.39 is 0 Å². The summed E-state index contributed by atoms with van der Waals surface area (Å²) in [6.07, 6.45) is 9.46. The van der Waals surface area contributed by atoms with E-state index in [9.17, 15) is 4.79 Å². The smallest absolute Gasteiger partial charge is 0.317 e. The zero-order valence-corrected chi connectivity index (χ0v) is 14.4. The predicted octanol–water partition coefficient (Wildman–Crippen LogP) is 2.72. The highest BCUT2D eigenvalue weighted by molar-refractivity contribution is 5.74. The number of fused-ring (bicyclic) bond motifs is 1. The molecule has 23 heavy (non-hydrogen) atoms. The standard InChI is InChI=1S/C17H29N5O/c1-13-8-5-6-9-14(13)21(2)17(23)18-12-16-20-19-15-10-4-3-7-11-22(15)16/h13-14H,3-12H2,1-2H3,(H,18,23)/t13-,14+/m1/s1. The molecule has 2 amide bonds. The van der Waals surface area contributed by atoms with Crippen LogP contribution in [0.3, 0.4) is 0 Å². The van der Waals surface area contributed by atoms with Crippen molar-refractivity contribution >= 4 is 6.03 Å². The molecule has 0 aromatic carbocycles. The summed E-state index contributed by atoms with van der Waals surface area (Å²) in [6, 6.07) is 0.369. The molecule has 0 spiro atoms. The second kappa shape index (κ2) is 7.32. The van der Waals surface area contributed by atoms with Crippen molar-refractivity contribution in [3.8, 4) is 0 Å². The number of aromatic nitrogens is 3. The summed E-state index contributed by atoms with van der Waals surface area (Å²) in [5, 5.41) is 11.6. The molecule has 0 radical (unpaired) electrons. The van der Waals surface area contributed by atoms with Crippen LogP contribution in [-0.2, 0) is 19.5 Å². The minimum absolute atomic E-state index is 0.00900. The summed E-state index contributed by atoms with van der Waals surface area (Å²) in [5.41, 5.74) is 0. The highest BCUT2D eigenvalue weighted by Crippen LogP contribution is 2.27. The monoisotopic (exact) mass is 319 g/mol. The van der Waals surface area contributed by atoms with E-state index in [1.807, 2.05) is 11.9 Å². The van der Waals surface area contributed by atoms with Gasteiger partial charge in [0.1, 0.15) is 5.82 Å². The number of rotatable bonds is 3. The van der Waals surface area contributed by atoms with Crippen molar-refractivity contribution in [3.05, 3.63) is 11.6 Å². The molecule has 1 fully saturated rings. The van der Waals surface area contributed by atoms with Gasteiger partial charge in [-0.25, -0.2) is 4.79 Å². The molecule has 1 aliphatic heterocycles. The zero-order valence-electron chi connectivity index (χ0n) is 14.4. The van der Waals surface area contributed by atoms with Crippen molar-refractivity contribution in [1.29, 1.82) is 0 Å². The number of hydrogen-bond donors (Lipinski definition) is 1. The highest BCUT2D eigenvalue weighted by atomic mass is 16.2. The Morgan fingerprint density at radius 2 is 2.04 bits per heavy atom. The van der Waals surface area contributed by atoms with E-state index in [4.69, 9.17) is 0 Å². The van der Waals surface area contributed by atoms with Crippen LogP contribution in [0.5, 0.6) is 0 Å². The first-order valence-electron chi connectivity index (χ1n) is 9.08. The zero-order chi connectivity index (χ0) is 16.2. The SMILES string of the molecule is C[C@@H]1CCCC[C@@H]1N(C)C(=O)NCc1nnc2n1CCCCC2. The molecule has 1 aliphatic carbocycles. The van der Waals surface area contributed by atoms with Gasteiger partial charge in [0.05, 0.1) is 6.54 Å². The van der Waals surface area contributed by atoms with Gasteiger partial charge in [-0.05, 0) is 31.6 Å². The first-order valence-corrected chi connectivity index (χ1v) is 9.08. The van der Waals surface area contributed by atoms with Gasteiger partial charge in [0.25, 0.3) is 0 Å². The highest BCUT2D eigenvalue weighted by Gasteiger charge is 2.28. The number of carbonyl (C=O) groups is 1. The molecule has 0 saturated heterocycles. The molecule has 2 heterocycles. The summed E-state index contributed by atoms with van der Waals surface area (Å²) in [4.78, 5) is 14.4. The average molecular weight is 319 g/mol. The molecule has 2 atom stereocenters. The minimum atomic E-state index is 0.00900. The van der Waals surface area contributed by atoms with Gasteiger partial charge in [0.2, 0.25) is 0 Å². The maximum absolute atomic E-state index is 12.5. The van der Waals surface area contributed by atoms with Crippen molar-refractivity contribution in [3.63, 3.8) is 0 Å². The molecule has 1 N–H and O–H groups in total. The molecule has 0 unspecified atom stereocenters. The van der Waals surface area contributed by atoms with Crippen LogP contribution in [0.2, 0.25) is 0 Å². The molecule has 3 rings (SSSR count). The van der Waals surface area contributed by atoms with E-state index in [0.717, 1.165) is 31.0 Å². The molecule has 1 aromatic rings. The quantitative estimate of drug-likeness (QED) is 0.932. The fourth-order valence-corrected chi connectivity index (χ4v) is 3.98. The van der Waals surface area contributed by atoms with Gasteiger partial charge < -0.3 is 14.8 Å². The largest absolute Gasteiger partial charge is 0.331 e. The minimum Gasteiger partial charge on any atom is -0.331 e. The van der Waals surface area contributed by atoms with Crippen molar-refractivity contribution in [1.82, 2.24) is 25.0 Å². The second-order valence-corrected chi connectivity index (χ2v) is 7.09. The third-order valence-corrected chi connectivity index (χ3v) is 5.47. The Bertz CT molecular complexity index is 541. The van der Waals surface area contributed by atoms with E-state index >= 15 is 0 Å². The molecule has 128 valence electrons. The van der Waals surface area contributed by atoms with Gasteiger partial charge in [0.15, 0.2) is 5.82 Å². The van der Waals surface area contributed by atoms with Crippen LogP contribution in [0.1, 0.15) is 63.5 Å². The fraction of sp³-hybridized carbons (Fsp3) is 0.824. The topological polar surface area (TPSA) is 63.1 Å². The maximum Gasteiger partial charge on any atom is 0.317 e. The third-order valence-electron chi connectivity index (χ3n) is 5.47. The summed E-state index contributed by atoms with van der Waals surface area (Å²) in [7, 11) is 1.92. The summed E-state index contributed by atoms with van der Waals surface area (Å²) in [5.74, 6) is 2.55. The third kappa shape index (κ3) is 3.67. The molecular weight excluding hydrogens is 290 g/mol. The van der Waals surface area contributed by atoms with E-state index in [1.165, 1.54) is 38.5 Å². The van der Waals surface area contributed by atoms with Crippen molar-refractivity contribution < 1.29 is 4.79 Å². The van der Waals surface area contributed by atoms with E-state index in [0.29, 0.717) is 18.5 Å². The molecule has 6 nitrogen and oxygen atoms in total. The number of nitrogens with one attached hydrogen (secondary N) is 1. The van der Waals surface area contributed by atoms with E-state index in [-0.39, 0.29) is 6.03 Å². The average Bonchev–Trinajstić information content (AvgIpc) is 2.79. The molecule has 2 aliphatic rings. The summed E-state index contributed by atoms with van der Waals surface area (Å²) < 4.78 is 2.19. The molecule has 0 bridgehead atoms. The fourth-order valence-electron chi connectivity index (χ4n) is 3.98. The number of nitrogens with zero attached hydrogens (tertiary/aromatic N) is 4. The summed E-state index contributed by atoms with van der Waals surface area (Å²) in [6.45, 7) is 3.70. The number of carbonyl (C=O) groups excluding carboxylic acids is 1. The van der Waals surface area contributed by atoms with Crippen LogP contribution in [0.25, 0.3) is 0 Å². The molecular formula is C17H29N5O. The lowest BCUT2D eigenvalue weighted by atomic mass is 9.85. The van der Waals surface area contributed by atoms with Gasteiger partial charge in [0, 0.05) is 26.1 Å². The van der Waals surface area contributed by atoms with Crippen LogP contribution in [0.4, 0.5) is 4.79 Å². The van der Waals surface area contributed by atoms with Gasteiger partial charge in [-0.15, -0.1) is 10.2 Å². The van der Waals surface area contributed by atoms with Gasteiger partial charge in [-0.2, -0.15) is 0 Å². The van der Waals surface area contributed by atoms with Crippen LogP contribution < -0.4 is 5.32 Å². The van der Waals surface area contributed by atoms with Crippen LogP contribution in [-0.4, -0.2) is 38.8 Å². The Balaban J connectivity index is 1.57. The van der Waals surface area contributed by atoms with E-state index in [1.54, 1.807) is 0 Å². The Morgan fingerprint density at radius 1 is 1.22 bits per heavy atom. The Labute approximate surface area is 138 Å². The first kappa shape index (κ1) is 16.3. The number of aryl methyl sites for hydroxylation is 1. The van der Waals surface area contributed by atoms with Gasteiger partial charge in [-0.1, -0.05) is 26.2 Å². The van der Waals surface area contributed by atoms with Crippen molar-refractivity contribution in [2.75, 3.05) is 7.05 Å². The van der Waals surface area contributed by atoms with Gasteiger partial charge in [-0.3, -0.25) is 0 Å². The molecule has 1 aromatic heterocycles. The normalized spacial score (nSPS) is 24.6. The van der Waals surface area contributed by atoms with Crippen LogP contribution in [0.15, 0.2) is 0 Å². The lowest BCUT2D eigenvalue weighted by Gasteiger charge is -2.36. The predicted molar refractivity (Wildman–Crippen MR) is 89.0 cm³/mol. The lowest BCUT2D eigenvalue weighted by Crippen LogP contribution is -2.47. The van der Waals surface area contributed by atoms with Crippen LogP contribution in [0, 0.1) is 5.92 Å². The lowest BCUT2D eigenvalue weighted by molar-refractivity contribution is 0.144. The maximum atomic E-state index is 12.5. The molecule has 1 saturated carbocycles. The van der Waals surface area contributed by atoms with Crippen molar-refractivity contribution in [2.45, 2.75) is 77.4 Å². The summed E-state index contributed by atoms with van der Waals surface area (Å²) >= 11 is 0. The molecule has 6 heteroatoms. The van der Waals surface area contributed by atoms with Gasteiger partial charge >= 0.3 is 6.03 Å². The number of hydrogen-bond acceptors (Lipinski definition) is 3. The first-order chi connectivity index (χ1) is 11.2. The van der Waals surface area contributed by atoms with Crippen molar-refractivity contribution in [2.24, 2.45) is 5.92 Å². The number of amides is 2. The Kier molecular flexibility index (Phi) is 5.18. The van der Waals surface area contributed by atoms with E-state index in [2.05, 4.69) is 27.0 Å². The Hall–Kier alpha value is -1.59. The Morgan fingerprint density at radius 3 is 2.87 bits per heavy atom.